The first-order chi connectivity index (χ1) is 6.94. The molecule has 1 aromatic rings. The summed E-state index contributed by atoms with van der Waals surface area (Å²) in [5.74, 6) is -0.207. The van der Waals surface area contributed by atoms with Crippen molar-refractivity contribution >= 4 is 0 Å². The molecular formula is C12H18FNO. The molecule has 0 aromatic heterocycles. The van der Waals surface area contributed by atoms with Crippen LogP contribution in [-0.4, -0.2) is 19.3 Å². The van der Waals surface area contributed by atoms with E-state index in [2.05, 4.69) is 0 Å². The number of halogens is 1. The maximum Gasteiger partial charge on any atom is 0.123 e. The molecule has 3 heteroatoms. The molecule has 0 fully saturated rings. The lowest BCUT2D eigenvalue weighted by atomic mass is 9.92. The van der Waals surface area contributed by atoms with Crippen LogP contribution in [0.15, 0.2) is 18.2 Å². The van der Waals surface area contributed by atoms with Crippen LogP contribution in [0.5, 0.6) is 0 Å². The van der Waals surface area contributed by atoms with Gasteiger partial charge in [0.2, 0.25) is 0 Å². The highest BCUT2D eigenvalue weighted by Gasteiger charge is 2.19. The number of benzene rings is 1. The fourth-order valence-electron chi connectivity index (χ4n) is 1.67. The minimum Gasteiger partial charge on any atom is -0.383 e. The lowest BCUT2D eigenvalue weighted by molar-refractivity contribution is 0.141. The van der Waals surface area contributed by atoms with Crippen molar-refractivity contribution in [2.75, 3.05) is 13.7 Å². The van der Waals surface area contributed by atoms with E-state index < -0.39 is 5.54 Å². The Hall–Kier alpha value is -0.930. The van der Waals surface area contributed by atoms with Gasteiger partial charge in [0.25, 0.3) is 0 Å². The van der Waals surface area contributed by atoms with Crippen LogP contribution in [0, 0.1) is 12.7 Å². The van der Waals surface area contributed by atoms with E-state index in [-0.39, 0.29) is 5.82 Å². The van der Waals surface area contributed by atoms with Gasteiger partial charge >= 0.3 is 0 Å². The van der Waals surface area contributed by atoms with Crippen molar-refractivity contribution in [3.05, 3.63) is 35.1 Å². The number of aryl methyl sites for hydroxylation is 1. The molecule has 0 aliphatic rings. The van der Waals surface area contributed by atoms with Gasteiger partial charge in [-0.15, -0.1) is 0 Å². The number of methoxy groups -OCH3 is 1. The minimum absolute atomic E-state index is 0.207. The lowest BCUT2D eigenvalue weighted by Crippen LogP contribution is -2.43. The molecule has 0 aliphatic carbocycles. The van der Waals surface area contributed by atoms with Gasteiger partial charge in [-0.05, 0) is 43.5 Å². The molecule has 1 atom stereocenters. The molecule has 1 unspecified atom stereocenters. The minimum atomic E-state index is -0.405. The predicted octanol–water partition coefficient (Wildman–Crippen LogP) is 2.04. The van der Waals surface area contributed by atoms with Crippen molar-refractivity contribution in [2.45, 2.75) is 25.8 Å². The predicted molar refractivity (Wildman–Crippen MR) is 59.3 cm³/mol. The van der Waals surface area contributed by atoms with Crippen molar-refractivity contribution in [3.63, 3.8) is 0 Å². The van der Waals surface area contributed by atoms with Crippen LogP contribution in [0.4, 0.5) is 4.39 Å². The Balaban J connectivity index is 2.80. The first-order valence-electron chi connectivity index (χ1n) is 4.97. The molecule has 1 rings (SSSR count). The monoisotopic (exact) mass is 211 g/mol. The maximum absolute atomic E-state index is 12.9. The highest BCUT2D eigenvalue weighted by molar-refractivity contribution is 5.28. The smallest absolute Gasteiger partial charge is 0.123 e. The molecule has 0 aliphatic heterocycles. The Bertz CT molecular complexity index is 336. The van der Waals surface area contributed by atoms with Gasteiger partial charge in [0.15, 0.2) is 0 Å². The summed E-state index contributed by atoms with van der Waals surface area (Å²) < 4.78 is 17.9. The van der Waals surface area contributed by atoms with Crippen LogP contribution < -0.4 is 5.73 Å². The second-order valence-corrected chi connectivity index (χ2v) is 4.33. The Kier molecular flexibility index (Phi) is 3.83. The molecule has 0 spiro atoms. The molecule has 0 saturated heterocycles. The van der Waals surface area contributed by atoms with Gasteiger partial charge < -0.3 is 10.5 Å². The third-order valence-corrected chi connectivity index (χ3v) is 2.37. The zero-order valence-electron chi connectivity index (χ0n) is 9.51. The third-order valence-electron chi connectivity index (χ3n) is 2.37. The molecule has 0 radical (unpaired) electrons. The van der Waals surface area contributed by atoms with E-state index in [4.69, 9.17) is 10.5 Å². The standard InChI is InChI=1S/C12H18FNO/c1-9-6-11(13)5-4-10(9)7-12(2,14)8-15-3/h4-6H,7-8,14H2,1-3H3. The van der Waals surface area contributed by atoms with Crippen LogP contribution in [0.2, 0.25) is 0 Å². The van der Waals surface area contributed by atoms with E-state index in [9.17, 15) is 4.39 Å². The summed E-state index contributed by atoms with van der Waals surface area (Å²) in [6.07, 6.45) is 0.687. The molecule has 84 valence electrons. The summed E-state index contributed by atoms with van der Waals surface area (Å²) in [6.45, 7) is 4.31. The topological polar surface area (TPSA) is 35.2 Å². The zero-order chi connectivity index (χ0) is 11.5. The van der Waals surface area contributed by atoms with Crippen molar-refractivity contribution in [3.8, 4) is 0 Å². The molecule has 15 heavy (non-hydrogen) atoms. The average Bonchev–Trinajstić information content (AvgIpc) is 2.09. The van der Waals surface area contributed by atoms with E-state index in [0.717, 1.165) is 11.1 Å². The van der Waals surface area contributed by atoms with Crippen LogP contribution in [0.1, 0.15) is 18.1 Å². The summed E-state index contributed by atoms with van der Waals surface area (Å²) in [5.41, 5.74) is 7.64. The van der Waals surface area contributed by atoms with E-state index in [1.807, 2.05) is 13.8 Å². The fourth-order valence-corrected chi connectivity index (χ4v) is 1.67. The molecule has 0 saturated carbocycles. The van der Waals surface area contributed by atoms with Gasteiger partial charge in [0.1, 0.15) is 5.82 Å². The van der Waals surface area contributed by atoms with Gasteiger partial charge in [-0.25, -0.2) is 4.39 Å². The lowest BCUT2D eigenvalue weighted by Gasteiger charge is -2.24. The van der Waals surface area contributed by atoms with E-state index in [1.165, 1.54) is 12.1 Å². The van der Waals surface area contributed by atoms with Gasteiger partial charge in [-0.1, -0.05) is 6.07 Å². The number of ether oxygens (including phenoxy) is 1. The van der Waals surface area contributed by atoms with Crippen LogP contribution in [0.3, 0.4) is 0 Å². The first-order valence-corrected chi connectivity index (χ1v) is 4.97. The zero-order valence-corrected chi connectivity index (χ0v) is 9.51. The Morgan fingerprint density at radius 2 is 2.13 bits per heavy atom. The molecule has 1 aromatic carbocycles. The summed E-state index contributed by atoms with van der Waals surface area (Å²) in [5, 5.41) is 0. The van der Waals surface area contributed by atoms with Gasteiger partial charge in [0, 0.05) is 12.6 Å². The summed E-state index contributed by atoms with van der Waals surface area (Å²) in [7, 11) is 1.63. The SMILES string of the molecule is COCC(C)(N)Cc1ccc(F)cc1C. The maximum atomic E-state index is 12.9. The first kappa shape index (κ1) is 12.1. The van der Waals surface area contributed by atoms with E-state index in [1.54, 1.807) is 13.2 Å². The van der Waals surface area contributed by atoms with Gasteiger partial charge in [0.05, 0.1) is 6.61 Å². The van der Waals surface area contributed by atoms with Crippen molar-refractivity contribution in [2.24, 2.45) is 5.73 Å². The highest BCUT2D eigenvalue weighted by Crippen LogP contribution is 2.16. The molecular weight excluding hydrogens is 193 g/mol. The van der Waals surface area contributed by atoms with E-state index in [0.29, 0.717) is 13.0 Å². The largest absolute Gasteiger partial charge is 0.383 e. The van der Waals surface area contributed by atoms with E-state index >= 15 is 0 Å². The second kappa shape index (κ2) is 4.73. The average molecular weight is 211 g/mol. The molecule has 2 nitrogen and oxygen atoms in total. The summed E-state index contributed by atoms with van der Waals surface area (Å²) in [6, 6.07) is 4.77. The second-order valence-electron chi connectivity index (χ2n) is 4.33. The molecule has 0 bridgehead atoms. The third kappa shape index (κ3) is 3.61. The summed E-state index contributed by atoms with van der Waals surface area (Å²) >= 11 is 0. The number of hydrogen-bond donors (Lipinski definition) is 1. The Morgan fingerprint density at radius 3 is 2.67 bits per heavy atom. The molecule has 0 heterocycles. The summed E-state index contributed by atoms with van der Waals surface area (Å²) in [4.78, 5) is 0. The normalized spacial score (nSPS) is 15.0. The van der Waals surface area contributed by atoms with Crippen molar-refractivity contribution in [1.82, 2.24) is 0 Å². The van der Waals surface area contributed by atoms with Crippen LogP contribution in [0.25, 0.3) is 0 Å². The van der Waals surface area contributed by atoms with Crippen LogP contribution >= 0.6 is 0 Å². The van der Waals surface area contributed by atoms with Gasteiger partial charge in [-0.2, -0.15) is 0 Å². The van der Waals surface area contributed by atoms with Crippen molar-refractivity contribution < 1.29 is 9.13 Å². The molecule has 2 N–H and O–H groups in total. The number of rotatable bonds is 4. The quantitative estimate of drug-likeness (QED) is 0.827. The number of nitrogens with two attached hydrogens (primary N) is 1. The van der Waals surface area contributed by atoms with Gasteiger partial charge in [-0.3, -0.25) is 0 Å². The van der Waals surface area contributed by atoms with Crippen LogP contribution in [-0.2, 0) is 11.2 Å². The Labute approximate surface area is 90.2 Å². The Morgan fingerprint density at radius 1 is 1.47 bits per heavy atom. The fraction of sp³-hybridized carbons (Fsp3) is 0.500. The molecule has 0 amide bonds. The number of hydrogen-bond acceptors (Lipinski definition) is 2. The van der Waals surface area contributed by atoms with Crippen molar-refractivity contribution in [1.29, 1.82) is 0 Å². The highest BCUT2D eigenvalue weighted by atomic mass is 19.1.